The van der Waals surface area contributed by atoms with Gasteiger partial charge in [-0.2, -0.15) is 9.90 Å². The Morgan fingerprint density at radius 3 is 2.72 bits per heavy atom. The summed E-state index contributed by atoms with van der Waals surface area (Å²) in [6.45, 7) is 2.35. The second kappa shape index (κ2) is 4.87. The molecule has 94 valence electrons. The predicted octanol–water partition coefficient (Wildman–Crippen LogP) is 1.67. The lowest BCUT2D eigenvalue weighted by Crippen LogP contribution is -2.02. The van der Waals surface area contributed by atoms with Crippen molar-refractivity contribution in [3.8, 4) is 17.0 Å². The molecule has 18 heavy (non-hydrogen) atoms. The molecule has 1 aromatic carbocycles. The first-order chi connectivity index (χ1) is 8.67. The molecular formula is C12H13N3O3. The smallest absolute Gasteiger partial charge is 0.358 e. The minimum Gasteiger partial charge on any atom is -0.496 e. The Balaban J connectivity index is 2.62. The van der Waals surface area contributed by atoms with Gasteiger partial charge in [-0.3, -0.25) is 0 Å². The van der Waals surface area contributed by atoms with Gasteiger partial charge in [0.15, 0.2) is 5.69 Å². The van der Waals surface area contributed by atoms with Gasteiger partial charge in [-0.1, -0.05) is 12.1 Å². The molecule has 0 aliphatic heterocycles. The minimum atomic E-state index is -1.10. The number of rotatable bonds is 4. The van der Waals surface area contributed by atoms with Crippen molar-refractivity contribution in [3.63, 3.8) is 0 Å². The zero-order chi connectivity index (χ0) is 13.1. The van der Waals surface area contributed by atoms with Gasteiger partial charge in [0, 0.05) is 5.56 Å². The Hall–Kier alpha value is -2.37. The van der Waals surface area contributed by atoms with Crippen LogP contribution in [-0.2, 0) is 6.54 Å². The Labute approximate surface area is 104 Å². The van der Waals surface area contributed by atoms with Crippen LogP contribution in [0, 0.1) is 0 Å². The molecule has 0 bridgehead atoms. The molecule has 1 N–H and O–H groups in total. The molecule has 1 heterocycles. The van der Waals surface area contributed by atoms with Crippen molar-refractivity contribution in [1.82, 2.24) is 15.0 Å². The first-order valence-electron chi connectivity index (χ1n) is 5.49. The number of benzene rings is 1. The minimum absolute atomic E-state index is 0.0682. The topological polar surface area (TPSA) is 77.2 Å². The summed E-state index contributed by atoms with van der Waals surface area (Å²) in [7, 11) is 1.53. The van der Waals surface area contributed by atoms with Crippen molar-refractivity contribution in [2.75, 3.05) is 7.11 Å². The summed E-state index contributed by atoms with van der Waals surface area (Å²) in [4.78, 5) is 12.5. The van der Waals surface area contributed by atoms with Crippen LogP contribution in [0.15, 0.2) is 24.3 Å². The zero-order valence-electron chi connectivity index (χ0n) is 10.1. The van der Waals surface area contributed by atoms with Crippen LogP contribution in [0.2, 0.25) is 0 Å². The zero-order valence-corrected chi connectivity index (χ0v) is 10.1. The van der Waals surface area contributed by atoms with Crippen molar-refractivity contribution in [2.45, 2.75) is 13.5 Å². The number of aromatic carboxylic acids is 1. The lowest BCUT2D eigenvalue weighted by atomic mass is 10.1. The van der Waals surface area contributed by atoms with E-state index in [1.165, 1.54) is 11.9 Å². The molecule has 0 radical (unpaired) electrons. The number of hydrogen-bond donors (Lipinski definition) is 1. The number of aryl methyl sites for hydroxylation is 1. The van der Waals surface area contributed by atoms with Gasteiger partial charge in [0.05, 0.1) is 13.7 Å². The van der Waals surface area contributed by atoms with E-state index in [1.54, 1.807) is 18.2 Å². The summed E-state index contributed by atoms with van der Waals surface area (Å²) in [6, 6.07) is 7.13. The molecule has 2 aromatic rings. The molecule has 0 spiro atoms. The third-order valence-corrected chi connectivity index (χ3v) is 2.50. The maximum atomic E-state index is 11.2. The fourth-order valence-corrected chi connectivity index (χ4v) is 1.66. The molecule has 0 atom stereocenters. The lowest BCUT2D eigenvalue weighted by molar-refractivity contribution is 0.0690. The molecule has 0 aliphatic rings. The first kappa shape index (κ1) is 12.1. The number of carboxylic acid groups (broad SMARTS) is 1. The molecule has 0 saturated carbocycles. The third kappa shape index (κ3) is 2.04. The second-order valence-electron chi connectivity index (χ2n) is 3.59. The van der Waals surface area contributed by atoms with Crippen molar-refractivity contribution >= 4 is 5.97 Å². The highest BCUT2D eigenvalue weighted by Crippen LogP contribution is 2.29. The quantitative estimate of drug-likeness (QED) is 0.889. The molecule has 1 aromatic heterocycles. The van der Waals surface area contributed by atoms with E-state index in [-0.39, 0.29) is 5.69 Å². The van der Waals surface area contributed by atoms with E-state index in [4.69, 9.17) is 9.84 Å². The van der Waals surface area contributed by atoms with Gasteiger partial charge in [0.25, 0.3) is 0 Å². The Morgan fingerprint density at radius 2 is 2.11 bits per heavy atom. The largest absolute Gasteiger partial charge is 0.496 e. The normalized spacial score (nSPS) is 10.3. The van der Waals surface area contributed by atoms with E-state index >= 15 is 0 Å². The predicted molar refractivity (Wildman–Crippen MR) is 64.6 cm³/mol. The SMILES string of the molecule is CCn1nc(C(=O)O)c(-c2ccccc2OC)n1. The van der Waals surface area contributed by atoms with E-state index in [9.17, 15) is 4.79 Å². The fraction of sp³-hybridized carbons (Fsp3) is 0.250. The number of methoxy groups -OCH3 is 1. The van der Waals surface area contributed by atoms with Crippen molar-refractivity contribution in [2.24, 2.45) is 0 Å². The van der Waals surface area contributed by atoms with Crippen molar-refractivity contribution in [1.29, 1.82) is 0 Å². The van der Waals surface area contributed by atoms with E-state index < -0.39 is 5.97 Å². The molecule has 2 rings (SSSR count). The number of ether oxygens (including phenoxy) is 1. The molecule has 0 fully saturated rings. The number of carboxylic acids is 1. The maximum absolute atomic E-state index is 11.2. The van der Waals surface area contributed by atoms with Crippen molar-refractivity contribution in [3.05, 3.63) is 30.0 Å². The van der Waals surface area contributed by atoms with E-state index in [1.807, 2.05) is 13.0 Å². The fourth-order valence-electron chi connectivity index (χ4n) is 1.66. The van der Waals surface area contributed by atoms with Crippen molar-refractivity contribution < 1.29 is 14.6 Å². The average molecular weight is 247 g/mol. The second-order valence-corrected chi connectivity index (χ2v) is 3.59. The van der Waals surface area contributed by atoms with Crippen LogP contribution < -0.4 is 4.74 Å². The van der Waals surface area contributed by atoms with Gasteiger partial charge < -0.3 is 9.84 Å². The van der Waals surface area contributed by atoms with Crippen LogP contribution in [0.5, 0.6) is 5.75 Å². The van der Waals surface area contributed by atoms with Crippen LogP contribution in [0.3, 0.4) is 0 Å². The highest BCUT2D eigenvalue weighted by molar-refractivity contribution is 5.93. The molecule has 0 saturated heterocycles. The van der Waals surface area contributed by atoms with Gasteiger partial charge in [-0.15, -0.1) is 5.10 Å². The number of nitrogens with zero attached hydrogens (tertiary/aromatic N) is 3. The van der Waals surface area contributed by atoms with Gasteiger partial charge in [0.1, 0.15) is 11.4 Å². The number of aromatic nitrogens is 3. The van der Waals surface area contributed by atoms with Gasteiger partial charge in [0.2, 0.25) is 0 Å². The summed E-state index contributed by atoms with van der Waals surface area (Å²) in [5.74, 6) is -0.529. The molecular weight excluding hydrogens is 234 g/mol. The van der Waals surface area contributed by atoms with Gasteiger partial charge in [-0.05, 0) is 19.1 Å². The summed E-state index contributed by atoms with van der Waals surface area (Å²) >= 11 is 0. The summed E-state index contributed by atoms with van der Waals surface area (Å²) in [6.07, 6.45) is 0. The number of carbonyl (C=O) groups is 1. The summed E-state index contributed by atoms with van der Waals surface area (Å²) in [5.41, 5.74) is 0.875. The van der Waals surface area contributed by atoms with Crippen LogP contribution in [-0.4, -0.2) is 33.2 Å². The van der Waals surface area contributed by atoms with E-state index in [0.717, 1.165) is 0 Å². The van der Waals surface area contributed by atoms with Crippen LogP contribution in [0.1, 0.15) is 17.4 Å². The lowest BCUT2D eigenvalue weighted by Gasteiger charge is -2.05. The first-order valence-corrected chi connectivity index (χ1v) is 5.49. The highest BCUT2D eigenvalue weighted by atomic mass is 16.5. The number of hydrogen-bond acceptors (Lipinski definition) is 4. The highest BCUT2D eigenvalue weighted by Gasteiger charge is 2.21. The Morgan fingerprint density at radius 1 is 1.39 bits per heavy atom. The van der Waals surface area contributed by atoms with E-state index in [0.29, 0.717) is 23.6 Å². The summed E-state index contributed by atoms with van der Waals surface area (Å²) < 4.78 is 5.21. The van der Waals surface area contributed by atoms with Crippen LogP contribution in [0.4, 0.5) is 0 Å². The number of para-hydroxylation sites is 1. The Kier molecular flexibility index (Phi) is 3.27. The van der Waals surface area contributed by atoms with Crippen LogP contribution in [0.25, 0.3) is 11.3 Å². The average Bonchev–Trinajstić information content (AvgIpc) is 2.83. The molecule has 0 amide bonds. The third-order valence-electron chi connectivity index (χ3n) is 2.50. The monoisotopic (exact) mass is 247 g/mol. The molecule has 6 nitrogen and oxygen atoms in total. The molecule has 0 aliphatic carbocycles. The standard InChI is InChI=1S/C12H13N3O3/c1-3-15-13-10(11(14-15)12(16)17)8-6-4-5-7-9(8)18-2/h4-7H,3H2,1-2H3,(H,16,17). The van der Waals surface area contributed by atoms with Gasteiger partial charge >= 0.3 is 5.97 Å². The Bertz CT molecular complexity index is 578. The maximum Gasteiger partial charge on any atom is 0.358 e. The van der Waals surface area contributed by atoms with E-state index in [2.05, 4.69) is 10.2 Å². The van der Waals surface area contributed by atoms with Gasteiger partial charge in [-0.25, -0.2) is 4.79 Å². The van der Waals surface area contributed by atoms with Crippen LogP contribution >= 0.6 is 0 Å². The molecule has 6 heteroatoms. The molecule has 0 unspecified atom stereocenters. The summed E-state index contributed by atoms with van der Waals surface area (Å²) in [5, 5.41) is 17.2.